The van der Waals surface area contributed by atoms with E-state index in [1.807, 2.05) is 6.07 Å². The van der Waals surface area contributed by atoms with Crippen molar-refractivity contribution in [2.24, 2.45) is 11.7 Å². The minimum atomic E-state index is -0.241. The first-order valence-corrected chi connectivity index (χ1v) is 7.30. The first-order chi connectivity index (χ1) is 10.3. The van der Waals surface area contributed by atoms with E-state index < -0.39 is 0 Å². The van der Waals surface area contributed by atoms with Gasteiger partial charge in [-0.25, -0.2) is 14.4 Å². The van der Waals surface area contributed by atoms with Gasteiger partial charge >= 0.3 is 0 Å². The van der Waals surface area contributed by atoms with Gasteiger partial charge in [0, 0.05) is 24.8 Å². The van der Waals surface area contributed by atoms with Crippen LogP contribution in [0.25, 0.3) is 11.3 Å². The number of anilines is 1. The van der Waals surface area contributed by atoms with Crippen molar-refractivity contribution in [3.63, 3.8) is 0 Å². The number of hydrogen-bond donors (Lipinski definition) is 1. The fourth-order valence-corrected chi connectivity index (χ4v) is 2.72. The van der Waals surface area contributed by atoms with E-state index in [4.69, 9.17) is 5.73 Å². The summed E-state index contributed by atoms with van der Waals surface area (Å²) in [5, 5.41) is 0. The summed E-state index contributed by atoms with van der Waals surface area (Å²) < 4.78 is 13.0. The van der Waals surface area contributed by atoms with Crippen molar-refractivity contribution >= 4 is 5.95 Å². The number of hydrogen-bond acceptors (Lipinski definition) is 4. The average molecular weight is 286 g/mol. The Morgan fingerprint density at radius 1 is 1.24 bits per heavy atom. The molecule has 0 aliphatic carbocycles. The summed E-state index contributed by atoms with van der Waals surface area (Å²) in [4.78, 5) is 11.2. The second kappa shape index (κ2) is 6.18. The van der Waals surface area contributed by atoms with Gasteiger partial charge in [0.25, 0.3) is 0 Å². The molecule has 1 aromatic carbocycles. The van der Waals surface area contributed by atoms with E-state index >= 15 is 0 Å². The molecule has 21 heavy (non-hydrogen) atoms. The van der Waals surface area contributed by atoms with Crippen LogP contribution < -0.4 is 10.6 Å². The summed E-state index contributed by atoms with van der Waals surface area (Å²) in [7, 11) is 0. The van der Waals surface area contributed by atoms with Crippen LogP contribution in [-0.2, 0) is 0 Å². The van der Waals surface area contributed by atoms with Crippen molar-refractivity contribution in [3.05, 3.63) is 42.3 Å². The predicted octanol–water partition coefficient (Wildman–Crippen LogP) is 2.46. The minimum Gasteiger partial charge on any atom is -0.340 e. The van der Waals surface area contributed by atoms with Gasteiger partial charge in [0.1, 0.15) is 5.82 Å². The number of nitrogens with two attached hydrogens (primary N) is 1. The maximum absolute atomic E-state index is 13.0. The molecule has 3 rings (SSSR count). The number of rotatable bonds is 3. The van der Waals surface area contributed by atoms with E-state index in [0.29, 0.717) is 12.5 Å². The highest BCUT2D eigenvalue weighted by Crippen LogP contribution is 2.23. The van der Waals surface area contributed by atoms with E-state index in [-0.39, 0.29) is 5.82 Å². The van der Waals surface area contributed by atoms with Crippen LogP contribution in [0.3, 0.4) is 0 Å². The molecule has 5 heteroatoms. The minimum absolute atomic E-state index is 0.241. The second-order valence-corrected chi connectivity index (χ2v) is 5.44. The lowest BCUT2D eigenvalue weighted by molar-refractivity contribution is 0.419. The van der Waals surface area contributed by atoms with Gasteiger partial charge in [0.15, 0.2) is 0 Å². The Morgan fingerprint density at radius 3 is 2.81 bits per heavy atom. The highest BCUT2D eigenvalue weighted by molar-refractivity contribution is 5.60. The van der Waals surface area contributed by atoms with Gasteiger partial charge in [-0.3, -0.25) is 0 Å². The summed E-state index contributed by atoms with van der Waals surface area (Å²) in [6, 6.07) is 8.21. The van der Waals surface area contributed by atoms with Crippen molar-refractivity contribution in [2.75, 3.05) is 24.5 Å². The van der Waals surface area contributed by atoms with Gasteiger partial charge in [-0.05, 0) is 55.6 Å². The zero-order valence-corrected chi connectivity index (χ0v) is 11.9. The predicted molar refractivity (Wildman–Crippen MR) is 81.4 cm³/mol. The van der Waals surface area contributed by atoms with Crippen LogP contribution in [0.4, 0.5) is 10.3 Å². The molecule has 2 aromatic rings. The first-order valence-electron chi connectivity index (χ1n) is 7.30. The monoisotopic (exact) mass is 286 g/mol. The lowest BCUT2D eigenvalue weighted by Crippen LogP contribution is -2.39. The third-order valence-electron chi connectivity index (χ3n) is 3.92. The Labute approximate surface area is 123 Å². The van der Waals surface area contributed by atoms with Gasteiger partial charge in [0.2, 0.25) is 5.95 Å². The maximum Gasteiger partial charge on any atom is 0.225 e. The maximum atomic E-state index is 13.0. The van der Waals surface area contributed by atoms with Crippen molar-refractivity contribution in [1.82, 2.24) is 9.97 Å². The van der Waals surface area contributed by atoms with Gasteiger partial charge in [0.05, 0.1) is 5.69 Å². The molecule has 0 bridgehead atoms. The van der Waals surface area contributed by atoms with E-state index in [9.17, 15) is 4.39 Å². The quantitative estimate of drug-likeness (QED) is 0.941. The van der Waals surface area contributed by atoms with Crippen LogP contribution in [0.5, 0.6) is 0 Å². The smallest absolute Gasteiger partial charge is 0.225 e. The highest BCUT2D eigenvalue weighted by Gasteiger charge is 2.20. The Kier molecular flexibility index (Phi) is 4.10. The fraction of sp³-hybridized carbons (Fsp3) is 0.375. The standard InChI is InChI=1S/C16H19FN4/c17-14-5-3-13(4-6-14)15-7-8-19-16(20-15)21-9-1-2-12(10-18)11-21/h3-8,12H,1-2,9-11,18H2. The molecule has 110 valence electrons. The van der Waals surface area contributed by atoms with Crippen LogP contribution in [0.2, 0.25) is 0 Å². The second-order valence-electron chi connectivity index (χ2n) is 5.44. The van der Waals surface area contributed by atoms with Crippen LogP contribution in [0.15, 0.2) is 36.5 Å². The molecule has 1 unspecified atom stereocenters. The van der Waals surface area contributed by atoms with E-state index in [2.05, 4.69) is 14.9 Å². The zero-order chi connectivity index (χ0) is 14.7. The molecule has 1 aliphatic rings. The first kappa shape index (κ1) is 13.9. The van der Waals surface area contributed by atoms with Gasteiger partial charge in [-0.1, -0.05) is 0 Å². The van der Waals surface area contributed by atoms with Gasteiger partial charge in [-0.2, -0.15) is 0 Å². The number of nitrogens with zero attached hydrogens (tertiary/aromatic N) is 3. The molecule has 0 amide bonds. The van der Waals surface area contributed by atoms with Crippen molar-refractivity contribution in [2.45, 2.75) is 12.8 Å². The van der Waals surface area contributed by atoms with Gasteiger partial charge in [-0.15, -0.1) is 0 Å². The number of benzene rings is 1. The number of piperidine rings is 1. The van der Waals surface area contributed by atoms with E-state index in [1.54, 1.807) is 18.3 Å². The van der Waals surface area contributed by atoms with E-state index in [0.717, 1.165) is 36.7 Å². The lowest BCUT2D eigenvalue weighted by Gasteiger charge is -2.32. The Morgan fingerprint density at radius 2 is 2.05 bits per heavy atom. The van der Waals surface area contributed by atoms with Gasteiger partial charge < -0.3 is 10.6 Å². The summed E-state index contributed by atoms with van der Waals surface area (Å²) in [6.07, 6.45) is 4.05. The molecule has 1 aliphatic heterocycles. The zero-order valence-electron chi connectivity index (χ0n) is 11.9. The molecular formula is C16H19FN4. The molecule has 2 heterocycles. The van der Waals surface area contributed by atoms with Crippen molar-refractivity contribution in [3.8, 4) is 11.3 Å². The molecule has 0 spiro atoms. The average Bonchev–Trinajstić information content (AvgIpc) is 2.56. The molecular weight excluding hydrogens is 267 g/mol. The van der Waals surface area contributed by atoms with Crippen LogP contribution in [-0.4, -0.2) is 29.6 Å². The highest BCUT2D eigenvalue weighted by atomic mass is 19.1. The number of aromatic nitrogens is 2. The largest absolute Gasteiger partial charge is 0.340 e. The topological polar surface area (TPSA) is 55.0 Å². The molecule has 1 fully saturated rings. The third-order valence-corrected chi connectivity index (χ3v) is 3.92. The fourth-order valence-electron chi connectivity index (χ4n) is 2.72. The molecule has 1 atom stereocenters. The summed E-state index contributed by atoms with van der Waals surface area (Å²) in [5.41, 5.74) is 7.49. The van der Waals surface area contributed by atoms with Crippen molar-refractivity contribution in [1.29, 1.82) is 0 Å². The molecule has 1 saturated heterocycles. The molecule has 4 nitrogen and oxygen atoms in total. The van der Waals surface area contributed by atoms with Crippen molar-refractivity contribution < 1.29 is 4.39 Å². The molecule has 0 radical (unpaired) electrons. The lowest BCUT2D eigenvalue weighted by atomic mass is 9.99. The third kappa shape index (κ3) is 3.19. The number of halogens is 1. The molecule has 2 N–H and O–H groups in total. The SMILES string of the molecule is NCC1CCCN(c2nccc(-c3ccc(F)cc3)n2)C1. The summed E-state index contributed by atoms with van der Waals surface area (Å²) >= 11 is 0. The van der Waals surface area contributed by atoms with E-state index in [1.165, 1.54) is 18.6 Å². The van der Waals surface area contributed by atoms with Crippen LogP contribution in [0, 0.1) is 11.7 Å². The summed E-state index contributed by atoms with van der Waals surface area (Å²) in [5.74, 6) is 1.00. The van der Waals surface area contributed by atoms with Crippen LogP contribution >= 0.6 is 0 Å². The Balaban J connectivity index is 1.84. The summed E-state index contributed by atoms with van der Waals surface area (Å²) in [6.45, 7) is 2.57. The molecule has 0 saturated carbocycles. The molecule has 1 aromatic heterocycles. The van der Waals surface area contributed by atoms with Crippen LogP contribution in [0.1, 0.15) is 12.8 Å². The normalized spacial score (nSPS) is 18.8. The Hall–Kier alpha value is -2.01. The Bertz CT molecular complexity index is 599.